The lowest BCUT2D eigenvalue weighted by Crippen LogP contribution is -2.68. The number of thioether (sulfide) groups is 3. The van der Waals surface area contributed by atoms with Crippen molar-refractivity contribution in [2.24, 2.45) is 5.73 Å². The van der Waals surface area contributed by atoms with Crippen LogP contribution in [-0.2, 0) is 14.3 Å². The van der Waals surface area contributed by atoms with Gasteiger partial charge in [-0.1, -0.05) is 77.6 Å². The molecule has 0 bridgehead atoms. The van der Waals surface area contributed by atoms with Crippen molar-refractivity contribution in [2.45, 2.75) is 22.5 Å². The number of ether oxygens (including phenoxy) is 1. The van der Waals surface area contributed by atoms with Gasteiger partial charge in [-0.2, -0.15) is 0 Å². The SMILES string of the molecule is Cl.N[C@@H]1C(=O)N2C(C(=O)OC(c3ccccc3)c3ccccc3)=C(SCSc3c[nH]nn3)CS[C@@H]12. The van der Waals surface area contributed by atoms with E-state index in [1.807, 2.05) is 60.7 Å². The van der Waals surface area contributed by atoms with Crippen LogP contribution in [0, 0.1) is 0 Å². The number of hydrogen-bond donors (Lipinski definition) is 2. The smallest absolute Gasteiger partial charge is 0.356 e. The van der Waals surface area contributed by atoms with Gasteiger partial charge in [0.1, 0.15) is 22.1 Å². The zero-order chi connectivity index (χ0) is 23.5. The summed E-state index contributed by atoms with van der Waals surface area (Å²) in [5.41, 5.74) is 8.01. The summed E-state index contributed by atoms with van der Waals surface area (Å²) in [6.45, 7) is 0. The third kappa shape index (κ3) is 5.39. The van der Waals surface area contributed by atoms with E-state index in [9.17, 15) is 9.59 Å². The van der Waals surface area contributed by atoms with E-state index < -0.39 is 18.1 Å². The Bertz CT molecular complexity index is 1160. The van der Waals surface area contributed by atoms with Crippen molar-refractivity contribution in [3.8, 4) is 0 Å². The summed E-state index contributed by atoms with van der Waals surface area (Å²) in [7, 11) is 0. The third-order valence-electron chi connectivity index (χ3n) is 5.43. The van der Waals surface area contributed by atoms with Crippen LogP contribution in [0.25, 0.3) is 0 Å². The van der Waals surface area contributed by atoms with E-state index in [2.05, 4.69) is 15.4 Å². The van der Waals surface area contributed by atoms with Crippen molar-refractivity contribution in [3.63, 3.8) is 0 Å². The molecule has 2 aliphatic rings. The van der Waals surface area contributed by atoms with Crippen molar-refractivity contribution in [1.82, 2.24) is 20.3 Å². The number of halogens is 1. The largest absolute Gasteiger partial charge is 0.448 e. The highest BCUT2D eigenvalue weighted by atomic mass is 35.5. The van der Waals surface area contributed by atoms with Gasteiger partial charge in [0.25, 0.3) is 0 Å². The zero-order valence-electron chi connectivity index (χ0n) is 18.3. The number of β-lactam (4-membered cyclic amide) rings is 1. The number of amides is 1. The highest BCUT2D eigenvalue weighted by Gasteiger charge is 2.52. The fourth-order valence-electron chi connectivity index (χ4n) is 3.76. The van der Waals surface area contributed by atoms with Gasteiger partial charge in [-0.3, -0.25) is 14.8 Å². The van der Waals surface area contributed by atoms with Gasteiger partial charge in [-0.25, -0.2) is 4.79 Å². The molecule has 3 heterocycles. The number of benzene rings is 2. The van der Waals surface area contributed by atoms with Crippen LogP contribution in [0.15, 0.2) is 82.5 Å². The highest BCUT2D eigenvalue weighted by molar-refractivity contribution is 8.18. The Balaban J connectivity index is 0.00000289. The monoisotopic (exact) mass is 547 g/mol. The number of fused-ring (bicyclic) bond motifs is 1. The predicted molar refractivity (Wildman–Crippen MR) is 141 cm³/mol. The lowest BCUT2D eigenvalue weighted by molar-refractivity contribution is -0.152. The van der Waals surface area contributed by atoms with Gasteiger partial charge in [-0.15, -0.1) is 41.0 Å². The summed E-state index contributed by atoms with van der Waals surface area (Å²) < 4.78 is 6.09. The van der Waals surface area contributed by atoms with Crippen LogP contribution in [0.2, 0.25) is 0 Å². The number of esters is 1. The van der Waals surface area contributed by atoms with Crippen LogP contribution in [-0.4, -0.2) is 54.4 Å². The summed E-state index contributed by atoms with van der Waals surface area (Å²) in [6.07, 6.45) is 1.11. The fraction of sp³-hybridized carbons (Fsp3) is 0.217. The molecule has 0 spiro atoms. The molecule has 3 aromatic rings. The normalized spacial score (nSPS) is 19.1. The average Bonchev–Trinajstić information content (AvgIpc) is 3.41. The number of carbonyl (C=O) groups excluding carboxylic acids is 2. The molecule has 0 aliphatic carbocycles. The number of rotatable bonds is 8. The number of aromatic nitrogens is 3. The Hall–Kier alpha value is -2.44. The minimum Gasteiger partial charge on any atom is -0.448 e. The van der Waals surface area contributed by atoms with Crippen LogP contribution in [0.5, 0.6) is 0 Å². The molecular formula is C23H22ClN5O3S3. The molecule has 1 saturated heterocycles. The Morgan fingerprint density at radius 1 is 1.14 bits per heavy atom. The van der Waals surface area contributed by atoms with Gasteiger partial charge in [0.2, 0.25) is 5.91 Å². The molecule has 2 aliphatic heterocycles. The number of H-pyrrole nitrogens is 1. The Morgan fingerprint density at radius 2 is 1.80 bits per heavy atom. The Labute approximate surface area is 221 Å². The number of hydrogen-bond acceptors (Lipinski definition) is 9. The number of carbonyl (C=O) groups is 2. The topological polar surface area (TPSA) is 114 Å². The third-order valence-corrected chi connectivity index (χ3v) is 9.04. The zero-order valence-corrected chi connectivity index (χ0v) is 21.5. The molecule has 8 nitrogen and oxygen atoms in total. The van der Waals surface area contributed by atoms with Gasteiger partial charge in [-0.05, 0) is 11.1 Å². The van der Waals surface area contributed by atoms with E-state index in [0.29, 0.717) is 10.8 Å². The van der Waals surface area contributed by atoms with Gasteiger partial charge < -0.3 is 10.5 Å². The standard InChI is InChI=1S/C23H21N5O3S3.ClH/c24-18-21(29)28-19(16(12-32-22(18)28)33-13-34-17-11-25-27-26-17)23(30)31-20(14-7-3-1-4-8-14)15-9-5-2-6-10-15;/h1-11,18,20,22H,12-13,24H2,(H,25,26,27);1H/t18-,22+;/m1./s1. The summed E-state index contributed by atoms with van der Waals surface area (Å²) >= 11 is 4.56. The second-order valence-corrected chi connectivity index (χ2v) is 11.1. The molecule has 2 atom stereocenters. The van der Waals surface area contributed by atoms with Crippen LogP contribution in [0.3, 0.4) is 0 Å². The predicted octanol–water partition coefficient (Wildman–Crippen LogP) is 3.80. The first-order chi connectivity index (χ1) is 16.6. The Kier molecular flexibility index (Phi) is 8.45. The molecule has 1 fully saturated rings. The van der Waals surface area contributed by atoms with Crippen molar-refractivity contribution >= 4 is 59.6 Å². The summed E-state index contributed by atoms with van der Waals surface area (Å²) in [5, 5.41) is 11.5. The first kappa shape index (κ1) is 25.6. The quantitative estimate of drug-likeness (QED) is 0.188. The second-order valence-electron chi connectivity index (χ2n) is 7.53. The maximum atomic E-state index is 13.6. The molecule has 2 aromatic carbocycles. The number of nitrogens with two attached hydrogens (primary N) is 1. The van der Waals surface area contributed by atoms with Crippen molar-refractivity contribution in [3.05, 3.63) is 88.6 Å². The minimum atomic E-state index is -0.608. The Morgan fingerprint density at radius 3 is 2.40 bits per heavy atom. The van der Waals surface area contributed by atoms with Crippen molar-refractivity contribution in [2.75, 3.05) is 10.8 Å². The lowest BCUT2D eigenvalue weighted by atomic mass is 10.0. The number of nitrogens with one attached hydrogen (secondary N) is 1. The summed E-state index contributed by atoms with van der Waals surface area (Å²) in [5.74, 6) is -0.211. The van der Waals surface area contributed by atoms with Crippen LogP contribution in [0.4, 0.5) is 0 Å². The van der Waals surface area contributed by atoms with Crippen LogP contribution >= 0.6 is 47.7 Å². The summed E-state index contributed by atoms with van der Waals surface area (Å²) in [6, 6.07) is 18.6. The van der Waals surface area contributed by atoms with Crippen molar-refractivity contribution in [1.29, 1.82) is 0 Å². The molecule has 1 aromatic heterocycles. The van der Waals surface area contributed by atoms with E-state index in [1.54, 1.807) is 18.0 Å². The maximum absolute atomic E-state index is 13.6. The number of nitrogens with zero attached hydrogens (tertiary/aromatic N) is 3. The molecule has 5 rings (SSSR count). The van der Waals surface area contributed by atoms with Crippen LogP contribution in [0.1, 0.15) is 17.2 Å². The maximum Gasteiger partial charge on any atom is 0.356 e. The lowest BCUT2D eigenvalue weighted by Gasteiger charge is -2.48. The van der Waals surface area contributed by atoms with E-state index >= 15 is 0 Å². The van der Waals surface area contributed by atoms with Gasteiger partial charge in [0.15, 0.2) is 6.10 Å². The van der Waals surface area contributed by atoms with E-state index in [0.717, 1.165) is 21.1 Å². The average molecular weight is 548 g/mol. The van der Waals surface area contributed by atoms with Gasteiger partial charge in [0.05, 0.1) is 11.3 Å². The van der Waals surface area contributed by atoms with E-state index in [-0.39, 0.29) is 29.4 Å². The first-order valence-corrected chi connectivity index (χ1v) is 13.5. The van der Waals surface area contributed by atoms with Gasteiger partial charge >= 0.3 is 5.97 Å². The van der Waals surface area contributed by atoms with Gasteiger partial charge in [0, 0.05) is 10.7 Å². The molecule has 1 amide bonds. The molecule has 35 heavy (non-hydrogen) atoms. The van der Waals surface area contributed by atoms with Crippen LogP contribution < -0.4 is 5.73 Å². The molecule has 0 unspecified atom stereocenters. The van der Waals surface area contributed by atoms with E-state index in [1.165, 1.54) is 28.4 Å². The van der Waals surface area contributed by atoms with Crippen molar-refractivity contribution < 1.29 is 14.3 Å². The second kappa shape index (κ2) is 11.5. The molecule has 0 radical (unpaired) electrons. The highest BCUT2D eigenvalue weighted by Crippen LogP contribution is 2.44. The molecule has 0 saturated carbocycles. The molecular weight excluding hydrogens is 526 g/mol. The molecule has 3 N–H and O–H groups in total. The number of aromatic amines is 1. The fourth-order valence-corrected chi connectivity index (χ4v) is 7.28. The molecule has 182 valence electrons. The van der Waals surface area contributed by atoms with E-state index in [4.69, 9.17) is 10.5 Å². The first-order valence-electron chi connectivity index (χ1n) is 10.5. The molecule has 12 heteroatoms. The summed E-state index contributed by atoms with van der Waals surface area (Å²) in [4.78, 5) is 28.6. The minimum absolute atomic E-state index is 0.